The van der Waals surface area contributed by atoms with Crippen LogP contribution in [-0.4, -0.2) is 7.85 Å². The maximum Gasteiger partial charge on any atom is 0.166 e. The molecule has 0 heterocycles. The highest BCUT2D eigenvalue weighted by molar-refractivity contribution is 6.08. The van der Waals surface area contributed by atoms with Gasteiger partial charge in [-0.25, -0.2) is 13.2 Å². The Morgan fingerprint density at radius 2 is 1.33 bits per heavy atom. The van der Waals surface area contributed by atoms with Gasteiger partial charge in [-0.05, 0) is 109 Å². The van der Waals surface area contributed by atoms with Crippen LogP contribution in [0, 0.1) is 35.2 Å². The molecule has 5 rings (SSSR count). The molecule has 2 aliphatic rings. The molecular formula is C35H40BF3. The van der Waals surface area contributed by atoms with Crippen molar-refractivity contribution in [1.82, 2.24) is 0 Å². The number of allylic oxidation sites excluding steroid dienone is 1. The van der Waals surface area contributed by atoms with E-state index in [-0.39, 0.29) is 11.4 Å². The topological polar surface area (TPSA) is 0 Å². The van der Waals surface area contributed by atoms with E-state index < -0.39 is 11.6 Å². The first-order valence-corrected chi connectivity index (χ1v) is 15.0. The Bertz CT molecular complexity index is 1270. The molecule has 2 aliphatic carbocycles. The first-order chi connectivity index (χ1) is 19.0. The lowest BCUT2D eigenvalue weighted by atomic mass is 9.68. The van der Waals surface area contributed by atoms with Gasteiger partial charge in [0, 0.05) is 5.56 Å². The summed E-state index contributed by atoms with van der Waals surface area (Å²) in [6, 6.07) is 16.1. The fourth-order valence-electron chi connectivity index (χ4n) is 7.17. The summed E-state index contributed by atoms with van der Waals surface area (Å²) in [5, 5.41) is 0. The van der Waals surface area contributed by atoms with E-state index in [1.54, 1.807) is 38.2 Å². The van der Waals surface area contributed by atoms with Crippen molar-refractivity contribution in [2.45, 2.75) is 76.4 Å². The lowest BCUT2D eigenvalue weighted by molar-refractivity contribution is 0.156. The fraction of sp³-hybridized carbons (Fsp3) is 0.429. The van der Waals surface area contributed by atoms with Gasteiger partial charge in [-0.15, -0.1) is 6.58 Å². The van der Waals surface area contributed by atoms with Crippen LogP contribution < -0.4 is 0 Å². The second kappa shape index (κ2) is 12.6. The lowest BCUT2D eigenvalue weighted by Gasteiger charge is -2.38. The highest BCUT2D eigenvalue weighted by atomic mass is 19.2. The van der Waals surface area contributed by atoms with Crippen LogP contribution in [0.1, 0.15) is 81.3 Å². The molecule has 3 aromatic carbocycles. The quantitative estimate of drug-likeness (QED) is 0.202. The smallest absolute Gasteiger partial charge is 0.166 e. The van der Waals surface area contributed by atoms with Crippen molar-refractivity contribution in [3.05, 3.63) is 95.8 Å². The van der Waals surface area contributed by atoms with Crippen LogP contribution in [0.2, 0.25) is 0 Å². The summed E-state index contributed by atoms with van der Waals surface area (Å²) in [6.07, 6.45) is 15.0. The van der Waals surface area contributed by atoms with Crippen molar-refractivity contribution in [2.75, 3.05) is 0 Å². The number of rotatable bonds is 8. The fourth-order valence-corrected chi connectivity index (χ4v) is 7.17. The van der Waals surface area contributed by atoms with Crippen molar-refractivity contribution >= 4 is 7.85 Å². The predicted molar refractivity (Wildman–Crippen MR) is 159 cm³/mol. The average Bonchev–Trinajstić information content (AvgIpc) is 2.98. The molecule has 2 saturated carbocycles. The summed E-state index contributed by atoms with van der Waals surface area (Å²) in [7, 11) is 1.81. The highest BCUT2D eigenvalue weighted by Gasteiger charge is 2.32. The molecule has 4 heteroatoms. The van der Waals surface area contributed by atoms with Gasteiger partial charge >= 0.3 is 0 Å². The van der Waals surface area contributed by atoms with Crippen LogP contribution >= 0.6 is 0 Å². The molecule has 3 aromatic rings. The van der Waals surface area contributed by atoms with Crippen molar-refractivity contribution < 1.29 is 13.2 Å². The minimum atomic E-state index is -0.816. The van der Waals surface area contributed by atoms with Gasteiger partial charge in [0.15, 0.2) is 11.6 Å². The van der Waals surface area contributed by atoms with E-state index >= 15 is 4.39 Å². The zero-order valence-electron chi connectivity index (χ0n) is 23.2. The average molecular weight is 529 g/mol. The van der Waals surface area contributed by atoms with Crippen LogP contribution in [0.4, 0.5) is 13.2 Å². The molecule has 0 radical (unpaired) electrons. The minimum absolute atomic E-state index is 0.133. The maximum atomic E-state index is 15.3. The molecule has 204 valence electrons. The van der Waals surface area contributed by atoms with E-state index in [0.717, 1.165) is 53.7 Å². The van der Waals surface area contributed by atoms with E-state index in [2.05, 4.69) is 6.58 Å². The SMILES string of the molecule is BCc1ccc(-c2ccc(-c3ccc(C4CCC(C5CCC(CCC=C)CC5)CC4)c(F)c3)cc2)c(F)c1F. The summed E-state index contributed by atoms with van der Waals surface area (Å²) in [4.78, 5) is 0. The summed E-state index contributed by atoms with van der Waals surface area (Å²) in [5.74, 6) is 1.11. The molecule has 0 nitrogen and oxygen atoms in total. The third-order valence-corrected chi connectivity index (χ3v) is 9.62. The van der Waals surface area contributed by atoms with E-state index in [1.807, 2.05) is 30.3 Å². The van der Waals surface area contributed by atoms with Crippen LogP contribution in [0.3, 0.4) is 0 Å². The molecule has 0 aliphatic heterocycles. The van der Waals surface area contributed by atoms with Gasteiger partial charge in [0.25, 0.3) is 0 Å². The Kier molecular flexibility index (Phi) is 9.00. The zero-order chi connectivity index (χ0) is 27.4. The van der Waals surface area contributed by atoms with Crippen LogP contribution in [0.25, 0.3) is 22.3 Å². The predicted octanol–water partition coefficient (Wildman–Crippen LogP) is 9.62. The molecule has 0 atom stereocenters. The number of hydrogen-bond donors (Lipinski definition) is 0. The van der Waals surface area contributed by atoms with Gasteiger partial charge < -0.3 is 0 Å². The molecule has 0 saturated heterocycles. The van der Waals surface area contributed by atoms with Gasteiger partial charge in [-0.2, -0.15) is 0 Å². The van der Waals surface area contributed by atoms with E-state index in [1.165, 1.54) is 44.9 Å². The number of benzene rings is 3. The number of halogens is 3. The Morgan fingerprint density at radius 1 is 0.718 bits per heavy atom. The summed E-state index contributed by atoms with van der Waals surface area (Å²) < 4.78 is 44.2. The Morgan fingerprint density at radius 3 is 1.95 bits per heavy atom. The largest absolute Gasteiger partial charge is 0.207 e. The zero-order valence-corrected chi connectivity index (χ0v) is 23.2. The van der Waals surface area contributed by atoms with Gasteiger partial charge in [0.1, 0.15) is 13.7 Å². The van der Waals surface area contributed by atoms with Crippen molar-refractivity contribution in [3.63, 3.8) is 0 Å². The minimum Gasteiger partial charge on any atom is -0.207 e. The van der Waals surface area contributed by atoms with E-state index in [4.69, 9.17) is 0 Å². The van der Waals surface area contributed by atoms with Gasteiger partial charge in [0.2, 0.25) is 0 Å². The third kappa shape index (κ3) is 6.21. The molecule has 0 unspecified atom stereocenters. The van der Waals surface area contributed by atoms with E-state index in [9.17, 15) is 8.78 Å². The Hall–Kier alpha value is -2.75. The standard InChI is InChI=1S/C35H40BF3/c1-2-3-4-23-5-7-24(8-6-23)25-9-13-27(14-10-25)31-19-17-29(21-33(31)37)26-11-15-28(16-12-26)32-20-18-30(22-36)34(38)35(32)39/h2,11-12,15-21,23-25,27H,1,3-10,13-14,22,36H2. The molecule has 39 heavy (non-hydrogen) atoms. The van der Waals surface area contributed by atoms with Crippen LogP contribution in [0.5, 0.6) is 0 Å². The van der Waals surface area contributed by atoms with Crippen LogP contribution in [0.15, 0.2) is 67.3 Å². The van der Waals surface area contributed by atoms with Crippen molar-refractivity contribution in [3.8, 4) is 22.3 Å². The highest BCUT2D eigenvalue weighted by Crippen LogP contribution is 2.45. The Balaban J connectivity index is 1.20. The molecule has 0 aromatic heterocycles. The summed E-state index contributed by atoms with van der Waals surface area (Å²) in [5.41, 5.74) is 3.74. The maximum absolute atomic E-state index is 15.3. The lowest BCUT2D eigenvalue weighted by Crippen LogP contribution is -2.25. The Labute approximate surface area is 233 Å². The molecular weight excluding hydrogens is 488 g/mol. The number of hydrogen-bond acceptors (Lipinski definition) is 0. The third-order valence-electron chi connectivity index (χ3n) is 9.62. The molecule has 0 N–H and O–H groups in total. The van der Waals surface area contributed by atoms with Crippen LogP contribution in [-0.2, 0) is 6.32 Å². The normalized spacial score (nSPS) is 23.5. The second-order valence-corrected chi connectivity index (χ2v) is 11.8. The van der Waals surface area contributed by atoms with Gasteiger partial charge in [-0.1, -0.05) is 73.8 Å². The summed E-state index contributed by atoms with van der Waals surface area (Å²) in [6.45, 7) is 3.87. The summed E-state index contributed by atoms with van der Waals surface area (Å²) >= 11 is 0. The van der Waals surface area contributed by atoms with Gasteiger partial charge in [0.05, 0.1) is 0 Å². The monoisotopic (exact) mass is 528 g/mol. The molecule has 2 fully saturated rings. The van der Waals surface area contributed by atoms with Gasteiger partial charge in [-0.3, -0.25) is 0 Å². The van der Waals surface area contributed by atoms with Crippen molar-refractivity contribution in [2.24, 2.45) is 17.8 Å². The first kappa shape index (κ1) is 27.8. The van der Waals surface area contributed by atoms with Crippen molar-refractivity contribution in [1.29, 1.82) is 0 Å². The molecule has 0 bridgehead atoms. The van der Waals surface area contributed by atoms with E-state index in [0.29, 0.717) is 23.4 Å². The second-order valence-electron chi connectivity index (χ2n) is 11.8. The molecule has 0 spiro atoms. The first-order valence-electron chi connectivity index (χ1n) is 15.0. The molecule has 0 amide bonds.